The molecule has 0 aliphatic carbocycles. The number of hydrogen-bond acceptors (Lipinski definition) is 0. The van der Waals surface area contributed by atoms with Crippen LogP contribution in [0.3, 0.4) is 0 Å². The van der Waals surface area contributed by atoms with Gasteiger partial charge in [-0.1, -0.05) is 13.8 Å². The van der Waals surface area contributed by atoms with Gasteiger partial charge in [0.2, 0.25) is 0 Å². The first kappa shape index (κ1) is 11.6. The van der Waals surface area contributed by atoms with Gasteiger partial charge in [-0.2, -0.15) is 0 Å². The van der Waals surface area contributed by atoms with Crippen LogP contribution in [0.15, 0.2) is 5.57 Å². The third-order valence-electron chi connectivity index (χ3n) is 0. The Morgan fingerprint density at radius 3 is 1.50 bits per heavy atom. The molecule has 0 aromatic rings. The Balaban J connectivity index is 0. The van der Waals surface area contributed by atoms with E-state index < -0.39 is 13.5 Å². The van der Waals surface area contributed by atoms with Crippen molar-refractivity contribution in [2.75, 3.05) is 0 Å². The molecule has 0 saturated heterocycles. The predicted molar refractivity (Wildman–Crippen MR) is 38.0 cm³/mol. The zero-order valence-corrected chi connectivity index (χ0v) is 8.14. The molecular weight excluding hydrogens is 232 g/mol. The molecule has 0 aliphatic rings. The second-order valence-corrected chi connectivity index (χ2v) is 7.12. The number of hydrogen-bond donors (Lipinski definition) is 0. The summed E-state index contributed by atoms with van der Waals surface area (Å²) in [5.74, 6) is 0. The summed E-state index contributed by atoms with van der Waals surface area (Å²) in [4.78, 5) is 0. The minimum atomic E-state index is -1.48. The molecule has 0 unspecified atom stereocenters. The molecular formula is C5H9Cl2Ru-. The summed E-state index contributed by atoms with van der Waals surface area (Å²) >= 11 is -1.48. The number of rotatable bonds is 0. The van der Waals surface area contributed by atoms with Crippen LogP contribution in [0.1, 0.15) is 13.8 Å². The van der Waals surface area contributed by atoms with E-state index in [-0.39, 0.29) is 0 Å². The molecule has 0 bridgehead atoms. The van der Waals surface area contributed by atoms with Crippen molar-refractivity contribution in [2.24, 2.45) is 0 Å². The monoisotopic (exact) mass is 241 g/mol. The van der Waals surface area contributed by atoms with Crippen LogP contribution in [0.2, 0.25) is 0 Å². The van der Waals surface area contributed by atoms with E-state index in [0.717, 1.165) is 5.57 Å². The number of allylic oxidation sites excluding steroid dienone is 1. The zero-order valence-electron chi connectivity index (χ0n) is 4.89. The van der Waals surface area contributed by atoms with E-state index in [1.807, 2.05) is 13.8 Å². The van der Waals surface area contributed by atoms with Crippen LogP contribution >= 0.6 is 19.4 Å². The Morgan fingerprint density at radius 1 is 1.50 bits per heavy atom. The summed E-state index contributed by atoms with van der Waals surface area (Å²) in [6, 6.07) is 0. The molecule has 0 N–H and O–H groups in total. The van der Waals surface area contributed by atoms with Crippen molar-refractivity contribution in [2.45, 2.75) is 13.8 Å². The van der Waals surface area contributed by atoms with E-state index in [4.69, 9.17) is 26.0 Å². The van der Waals surface area contributed by atoms with Crippen molar-refractivity contribution in [3.05, 3.63) is 12.2 Å². The van der Waals surface area contributed by atoms with Crippen LogP contribution < -0.4 is 0 Å². The van der Waals surface area contributed by atoms with Crippen molar-refractivity contribution in [1.82, 2.24) is 0 Å². The Labute approximate surface area is 64.0 Å². The van der Waals surface area contributed by atoms with Gasteiger partial charge in [0.1, 0.15) is 0 Å². The number of halogens is 2. The third-order valence-corrected chi connectivity index (χ3v) is 0. The molecule has 0 spiro atoms. The fourth-order valence-corrected chi connectivity index (χ4v) is 0. The van der Waals surface area contributed by atoms with Gasteiger partial charge >= 0.3 is 38.0 Å². The van der Waals surface area contributed by atoms with Gasteiger partial charge in [-0.25, -0.2) is 0 Å². The third kappa shape index (κ3) is 348. The van der Waals surface area contributed by atoms with Crippen molar-refractivity contribution in [3.8, 4) is 0 Å². The summed E-state index contributed by atoms with van der Waals surface area (Å²) < 4.78 is 0. The Kier molecular flexibility index (Phi) is 11.3. The molecule has 0 aromatic carbocycles. The van der Waals surface area contributed by atoms with E-state index in [1.54, 1.807) is 0 Å². The molecule has 0 amide bonds. The Hall–Kier alpha value is 0.813. The maximum absolute atomic E-state index is 5.07. The van der Waals surface area contributed by atoms with E-state index in [1.165, 1.54) is 0 Å². The molecule has 0 heterocycles. The first-order valence-electron chi connectivity index (χ1n) is 1.81. The average Bonchev–Trinajstić information content (AvgIpc) is 1.25. The van der Waals surface area contributed by atoms with Gasteiger partial charge < -0.3 is 6.58 Å². The summed E-state index contributed by atoms with van der Waals surface area (Å²) in [5, 5.41) is 3.31. The van der Waals surface area contributed by atoms with E-state index in [2.05, 4.69) is 5.11 Å². The fourth-order valence-electron chi connectivity index (χ4n) is 0. The average molecular weight is 241 g/mol. The summed E-state index contributed by atoms with van der Waals surface area (Å²) in [6.07, 6.45) is 0. The van der Waals surface area contributed by atoms with Crippen molar-refractivity contribution < 1.29 is 13.5 Å². The van der Waals surface area contributed by atoms with Crippen LogP contribution in [0.25, 0.3) is 0 Å². The first-order valence-corrected chi connectivity index (χ1v) is 7.51. The van der Waals surface area contributed by atoms with Crippen molar-refractivity contribution in [3.63, 3.8) is 0 Å². The van der Waals surface area contributed by atoms with Gasteiger partial charge in [0, 0.05) is 0 Å². The fraction of sp³-hybridized carbons (Fsp3) is 0.400. The first-order chi connectivity index (χ1) is 3.46. The van der Waals surface area contributed by atoms with E-state index >= 15 is 0 Å². The molecule has 0 nitrogen and oxygen atoms in total. The summed E-state index contributed by atoms with van der Waals surface area (Å²) in [6.45, 7) is 8.75. The van der Waals surface area contributed by atoms with Crippen LogP contribution in [-0.4, -0.2) is 5.11 Å². The molecule has 0 aromatic heterocycles. The molecule has 0 fully saturated rings. The van der Waals surface area contributed by atoms with Gasteiger partial charge in [-0.15, -0.1) is 0 Å². The van der Waals surface area contributed by atoms with Crippen LogP contribution in [-0.2, 0) is 13.5 Å². The maximum atomic E-state index is 5.07. The van der Waals surface area contributed by atoms with E-state index in [0.29, 0.717) is 0 Å². The molecule has 0 rings (SSSR count). The second kappa shape index (κ2) is 7.81. The van der Waals surface area contributed by atoms with Gasteiger partial charge in [0.15, 0.2) is 0 Å². The molecule has 8 heavy (non-hydrogen) atoms. The van der Waals surface area contributed by atoms with Crippen LogP contribution in [0, 0.1) is 6.58 Å². The van der Waals surface area contributed by atoms with Gasteiger partial charge in [0.05, 0.1) is 0 Å². The van der Waals surface area contributed by atoms with Gasteiger partial charge in [-0.3, -0.25) is 5.57 Å². The molecule has 0 atom stereocenters. The van der Waals surface area contributed by atoms with Crippen molar-refractivity contribution in [1.29, 1.82) is 0 Å². The predicted octanol–water partition coefficient (Wildman–Crippen LogP) is 2.73. The van der Waals surface area contributed by atoms with Gasteiger partial charge in [-0.05, 0) is 0 Å². The topological polar surface area (TPSA) is 0 Å². The summed E-state index contributed by atoms with van der Waals surface area (Å²) in [7, 11) is 10.1. The quantitative estimate of drug-likeness (QED) is 0.452. The second-order valence-electron chi connectivity index (χ2n) is 1.32. The standard InChI is InChI=1S/C4H7.CH2.2ClH.Ru/c1-4(2)3;;;;/h1H,2-3H3;1H2;2*1H;/q-1;;;;+2/p-2. The SMILES string of the molecule is [CH-]=C(C)C.[CH2]=[Ru]([Cl])[Cl]. The minimum absolute atomic E-state index is 0.917. The Bertz CT molecular complexity index is 68.4. The summed E-state index contributed by atoms with van der Waals surface area (Å²) in [5.41, 5.74) is 0.917. The zero-order chi connectivity index (χ0) is 7.15. The van der Waals surface area contributed by atoms with Crippen LogP contribution in [0.4, 0.5) is 0 Å². The molecule has 0 aliphatic heterocycles. The molecule has 3 heteroatoms. The Morgan fingerprint density at radius 2 is 1.50 bits per heavy atom. The molecule has 52 valence electrons. The van der Waals surface area contributed by atoms with Crippen molar-refractivity contribution >= 4 is 24.5 Å². The van der Waals surface area contributed by atoms with E-state index in [9.17, 15) is 0 Å². The van der Waals surface area contributed by atoms with Gasteiger partial charge in [0.25, 0.3) is 0 Å². The normalized spacial score (nSPS) is 8.75. The molecule has 0 saturated carbocycles. The van der Waals surface area contributed by atoms with Crippen LogP contribution in [0.5, 0.6) is 0 Å². The molecule has 0 radical (unpaired) electrons.